The Hall–Kier alpha value is -3.59. The quantitative estimate of drug-likeness (QED) is 0.140. The topological polar surface area (TPSA) is 69.7 Å². The first-order chi connectivity index (χ1) is 20.6. The monoisotopic (exact) mass is 668 g/mol. The molecule has 45 heavy (non-hydrogen) atoms. The van der Waals surface area contributed by atoms with Gasteiger partial charge in [-0.2, -0.15) is 26.3 Å². The Morgan fingerprint density at radius 3 is 1.80 bits per heavy atom. The van der Waals surface area contributed by atoms with E-state index in [4.69, 9.17) is 4.74 Å². The molecular weight excluding hydrogens is 643 g/mol. The fourth-order valence-corrected chi connectivity index (χ4v) is 7.28. The van der Waals surface area contributed by atoms with Crippen LogP contribution in [-0.2, 0) is 41.1 Å². The fraction of sp³-hybridized carbons (Fsp3) is 0.367. The van der Waals surface area contributed by atoms with E-state index in [0.717, 1.165) is 30.3 Å². The second-order valence-corrected chi connectivity index (χ2v) is 13.6. The minimum atomic E-state index is -6.23. The Balaban J connectivity index is 1.85. The van der Waals surface area contributed by atoms with Crippen molar-refractivity contribution in [3.05, 3.63) is 101 Å². The van der Waals surface area contributed by atoms with Crippen molar-refractivity contribution in [2.75, 3.05) is 0 Å². The van der Waals surface area contributed by atoms with Gasteiger partial charge in [0.15, 0.2) is 9.84 Å². The maximum Gasteiger partial charge on any atom is 0.430 e. The average Bonchev–Trinajstić information content (AvgIpc) is 3.67. The summed E-state index contributed by atoms with van der Waals surface area (Å²) in [6, 6.07) is 7.52. The van der Waals surface area contributed by atoms with Crippen molar-refractivity contribution in [2.45, 2.75) is 67.0 Å². The molecule has 0 heterocycles. The highest BCUT2D eigenvalue weighted by atomic mass is 32.2. The Kier molecular flexibility index (Phi) is 8.64. The Morgan fingerprint density at radius 1 is 0.822 bits per heavy atom. The number of rotatable bonds is 8. The van der Waals surface area contributed by atoms with Gasteiger partial charge in [0, 0.05) is 11.1 Å². The van der Waals surface area contributed by atoms with E-state index >= 15 is 0 Å². The largest absolute Gasteiger partial charge is 0.460 e. The molecule has 1 fully saturated rings. The summed E-state index contributed by atoms with van der Waals surface area (Å²) in [5, 5.41) is 0. The second kappa shape index (κ2) is 11.3. The van der Waals surface area contributed by atoms with Gasteiger partial charge in [-0.15, -0.1) is 0 Å². The molecule has 4 rings (SSSR count). The zero-order chi connectivity index (χ0) is 33.8. The molecular formula is C30H25F9O5S. The van der Waals surface area contributed by atoms with Gasteiger partial charge in [-0.3, -0.25) is 4.79 Å². The number of hydrogen-bond acceptors (Lipinski definition) is 5. The van der Waals surface area contributed by atoms with Gasteiger partial charge < -0.3 is 9.47 Å². The number of sulfone groups is 1. The number of esters is 1. The summed E-state index contributed by atoms with van der Waals surface area (Å²) in [7, 11) is -4.63. The number of ether oxygens (including phenoxy) is 2. The molecule has 1 aliphatic rings. The summed E-state index contributed by atoms with van der Waals surface area (Å²) >= 11 is 0. The number of hydrogen-bond donors (Lipinski definition) is 0. The van der Waals surface area contributed by atoms with Crippen molar-refractivity contribution in [2.24, 2.45) is 5.92 Å². The molecule has 0 bridgehead atoms. The molecule has 0 amide bonds. The SMILES string of the molecule is CC(C)(C)OC(=O)[C@H]1CC1(c1ccc(C(OCc2c(F)cccc2F)(C(F)(F)F)C(F)(F)F)cc1)S(=O)(=O)c1ccc(F)cc1. The maximum absolute atomic E-state index is 14.4. The molecule has 0 aliphatic heterocycles. The molecule has 0 spiro atoms. The molecule has 15 heteroatoms. The molecule has 0 saturated heterocycles. The number of carbonyl (C=O) groups excluding carboxylic acids is 1. The lowest BCUT2D eigenvalue weighted by atomic mass is 9.90. The van der Waals surface area contributed by atoms with E-state index in [2.05, 4.69) is 4.74 Å². The normalized spacial score (nSPS) is 19.3. The van der Waals surface area contributed by atoms with Crippen LogP contribution >= 0.6 is 0 Å². The lowest BCUT2D eigenvalue weighted by Crippen LogP contribution is -2.56. The summed E-state index contributed by atoms with van der Waals surface area (Å²) < 4.78 is 163. The molecule has 1 unspecified atom stereocenters. The van der Waals surface area contributed by atoms with Crippen LogP contribution in [0.4, 0.5) is 39.5 Å². The van der Waals surface area contributed by atoms with Gasteiger partial charge in [0.2, 0.25) is 0 Å². The van der Waals surface area contributed by atoms with E-state index < -0.39 is 96.5 Å². The van der Waals surface area contributed by atoms with Crippen LogP contribution in [-0.4, -0.2) is 32.3 Å². The zero-order valence-electron chi connectivity index (χ0n) is 23.7. The van der Waals surface area contributed by atoms with E-state index in [0.29, 0.717) is 36.4 Å². The third-order valence-corrected chi connectivity index (χ3v) is 9.82. The van der Waals surface area contributed by atoms with Gasteiger partial charge in [-0.1, -0.05) is 30.3 Å². The van der Waals surface area contributed by atoms with Crippen molar-refractivity contribution in [1.29, 1.82) is 0 Å². The molecule has 5 nitrogen and oxygen atoms in total. The van der Waals surface area contributed by atoms with E-state index in [-0.39, 0.29) is 5.56 Å². The third-order valence-electron chi connectivity index (χ3n) is 7.28. The molecule has 3 aromatic rings. The summed E-state index contributed by atoms with van der Waals surface area (Å²) in [5.74, 6) is -6.10. The first-order valence-corrected chi connectivity index (χ1v) is 14.6. The average molecular weight is 669 g/mol. The van der Waals surface area contributed by atoms with E-state index in [1.165, 1.54) is 20.8 Å². The molecule has 0 radical (unpaired) electrons. The van der Waals surface area contributed by atoms with Gasteiger partial charge in [-0.05, 0) is 69.2 Å². The highest BCUT2D eigenvalue weighted by Crippen LogP contribution is 2.61. The number of benzene rings is 3. The van der Waals surface area contributed by atoms with Crippen molar-refractivity contribution in [1.82, 2.24) is 0 Å². The van der Waals surface area contributed by atoms with Gasteiger partial charge in [0.25, 0.3) is 5.60 Å². The van der Waals surface area contributed by atoms with Gasteiger partial charge in [0.05, 0.1) is 17.4 Å². The van der Waals surface area contributed by atoms with Gasteiger partial charge in [0.1, 0.15) is 27.8 Å². The van der Waals surface area contributed by atoms with Crippen molar-refractivity contribution in [3.63, 3.8) is 0 Å². The van der Waals surface area contributed by atoms with Gasteiger partial charge >= 0.3 is 18.3 Å². The van der Waals surface area contributed by atoms with Crippen molar-refractivity contribution < 1.29 is 62.2 Å². The van der Waals surface area contributed by atoms with Crippen LogP contribution in [0.3, 0.4) is 0 Å². The Bertz CT molecular complexity index is 1640. The molecule has 1 saturated carbocycles. The first-order valence-electron chi connectivity index (χ1n) is 13.1. The summed E-state index contributed by atoms with van der Waals surface area (Å²) in [4.78, 5) is 12.5. The van der Waals surface area contributed by atoms with Gasteiger partial charge in [-0.25, -0.2) is 21.6 Å². The zero-order valence-corrected chi connectivity index (χ0v) is 24.5. The molecule has 244 valence electrons. The van der Waals surface area contributed by atoms with Crippen LogP contribution in [0.15, 0.2) is 71.6 Å². The smallest absolute Gasteiger partial charge is 0.430 e. The van der Waals surface area contributed by atoms with E-state index in [1.54, 1.807) is 0 Å². The molecule has 0 N–H and O–H groups in total. The highest BCUT2D eigenvalue weighted by Gasteiger charge is 2.74. The standard InChI is InChI=1S/C30H25F9O5S/c1-26(2,3)44-25(40)22-15-27(22,45(41,42)20-13-11-19(31)12-14-20)17-7-9-18(10-8-17)28(29(34,35)36,30(37,38)39)43-16-21-23(32)5-4-6-24(21)33/h4-14,22H,15-16H2,1-3H3/t22-,27?/m1/s1. The third kappa shape index (κ3) is 6.03. The van der Waals surface area contributed by atoms with Crippen LogP contribution in [0.5, 0.6) is 0 Å². The Morgan fingerprint density at radius 2 is 1.33 bits per heavy atom. The van der Waals surface area contributed by atoms with Crippen LogP contribution in [0.2, 0.25) is 0 Å². The number of alkyl halides is 6. The number of carbonyl (C=O) groups is 1. The van der Waals surface area contributed by atoms with Crippen LogP contribution in [0.25, 0.3) is 0 Å². The summed E-state index contributed by atoms with van der Waals surface area (Å²) in [5.41, 5.74) is -9.31. The summed E-state index contributed by atoms with van der Waals surface area (Å²) in [6.45, 7) is 2.72. The predicted octanol–water partition coefficient (Wildman–Crippen LogP) is 7.67. The number of halogens is 9. The molecule has 2 atom stereocenters. The fourth-order valence-electron chi connectivity index (χ4n) is 5.06. The Labute approximate surface area is 251 Å². The van der Waals surface area contributed by atoms with E-state index in [1.807, 2.05) is 0 Å². The maximum atomic E-state index is 14.4. The van der Waals surface area contributed by atoms with Crippen molar-refractivity contribution in [3.8, 4) is 0 Å². The lowest BCUT2D eigenvalue weighted by Gasteiger charge is -2.37. The minimum Gasteiger partial charge on any atom is -0.460 e. The second-order valence-electron chi connectivity index (χ2n) is 11.4. The van der Waals surface area contributed by atoms with Crippen LogP contribution in [0, 0.1) is 23.4 Å². The molecule has 1 aliphatic carbocycles. The first kappa shape index (κ1) is 34.3. The minimum absolute atomic E-state index is 0.320. The highest BCUT2D eigenvalue weighted by molar-refractivity contribution is 7.92. The van der Waals surface area contributed by atoms with Crippen LogP contribution in [0.1, 0.15) is 43.9 Å². The molecule has 0 aromatic heterocycles. The lowest BCUT2D eigenvalue weighted by molar-refractivity contribution is -0.392. The molecule has 3 aromatic carbocycles. The van der Waals surface area contributed by atoms with Crippen LogP contribution < -0.4 is 0 Å². The predicted molar refractivity (Wildman–Crippen MR) is 141 cm³/mol. The van der Waals surface area contributed by atoms with Crippen molar-refractivity contribution >= 4 is 15.8 Å². The summed E-state index contributed by atoms with van der Waals surface area (Å²) in [6.07, 6.45) is -12.9. The van der Waals surface area contributed by atoms with E-state index in [9.17, 15) is 52.7 Å².